The Balaban J connectivity index is 1.90. The van der Waals surface area contributed by atoms with Crippen LogP contribution in [0.2, 0.25) is 0 Å². The Kier molecular flexibility index (Phi) is 5.38. The highest BCUT2D eigenvalue weighted by Crippen LogP contribution is 2.22. The number of hydrogen-bond acceptors (Lipinski definition) is 4. The molecule has 20 heavy (non-hydrogen) atoms. The van der Waals surface area contributed by atoms with Crippen molar-refractivity contribution in [2.75, 3.05) is 19.8 Å². The first-order chi connectivity index (χ1) is 9.56. The molecule has 1 aliphatic rings. The standard InChI is InChI=1S/C12H15BrN2O4S/c13-10-2-1-9(20-10)6-14-12(18)15-3-4-19-7-8(15)5-11(16)17/h1-2,8H,3-7H2,(H,14,18)(H,16,17). The number of halogens is 1. The predicted molar refractivity (Wildman–Crippen MR) is 77.8 cm³/mol. The zero-order chi connectivity index (χ0) is 14.5. The van der Waals surface area contributed by atoms with Gasteiger partial charge in [-0.25, -0.2) is 4.79 Å². The van der Waals surface area contributed by atoms with Crippen LogP contribution in [-0.2, 0) is 16.1 Å². The van der Waals surface area contributed by atoms with Gasteiger partial charge in [0.15, 0.2) is 0 Å². The molecule has 110 valence electrons. The van der Waals surface area contributed by atoms with Crippen molar-refractivity contribution in [1.82, 2.24) is 10.2 Å². The van der Waals surface area contributed by atoms with Crippen molar-refractivity contribution in [2.24, 2.45) is 0 Å². The van der Waals surface area contributed by atoms with E-state index >= 15 is 0 Å². The molecule has 2 rings (SSSR count). The highest BCUT2D eigenvalue weighted by molar-refractivity contribution is 9.11. The average Bonchev–Trinajstić information content (AvgIpc) is 2.82. The van der Waals surface area contributed by atoms with Gasteiger partial charge in [0.05, 0.1) is 36.0 Å². The summed E-state index contributed by atoms with van der Waals surface area (Å²) in [6.45, 7) is 1.56. The van der Waals surface area contributed by atoms with Crippen LogP contribution in [0.3, 0.4) is 0 Å². The van der Waals surface area contributed by atoms with Gasteiger partial charge in [-0.3, -0.25) is 4.79 Å². The number of hydrogen-bond donors (Lipinski definition) is 2. The maximum absolute atomic E-state index is 12.1. The minimum atomic E-state index is -0.930. The summed E-state index contributed by atoms with van der Waals surface area (Å²) in [6.07, 6.45) is -0.0992. The molecule has 0 saturated carbocycles. The summed E-state index contributed by atoms with van der Waals surface area (Å²) in [5.41, 5.74) is 0. The van der Waals surface area contributed by atoms with Gasteiger partial charge in [0.25, 0.3) is 0 Å². The van der Waals surface area contributed by atoms with Crippen molar-refractivity contribution in [3.63, 3.8) is 0 Å². The zero-order valence-electron chi connectivity index (χ0n) is 10.7. The van der Waals surface area contributed by atoms with Gasteiger partial charge in [-0.05, 0) is 28.1 Å². The van der Waals surface area contributed by atoms with E-state index < -0.39 is 12.0 Å². The molecular formula is C12H15BrN2O4S. The van der Waals surface area contributed by atoms with Crippen LogP contribution in [0.15, 0.2) is 15.9 Å². The first-order valence-corrected chi connectivity index (χ1v) is 7.75. The van der Waals surface area contributed by atoms with Crippen LogP contribution in [0, 0.1) is 0 Å². The molecule has 0 spiro atoms. The van der Waals surface area contributed by atoms with Crippen LogP contribution in [-0.4, -0.2) is 47.8 Å². The Morgan fingerprint density at radius 1 is 1.55 bits per heavy atom. The Labute approximate surface area is 128 Å². The number of rotatable bonds is 4. The third-order valence-corrected chi connectivity index (χ3v) is 4.56. The number of ether oxygens (including phenoxy) is 1. The minimum Gasteiger partial charge on any atom is -0.481 e. The maximum atomic E-state index is 12.1. The van der Waals surface area contributed by atoms with Crippen LogP contribution in [0.5, 0.6) is 0 Å². The number of nitrogens with one attached hydrogen (secondary N) is 1. The van der Waals surface area contributed by atoms with Gasteiger partial charge in [-0.1, -0.05) is 0 Å². The number of carboxylic acid groups (broad SMARTS) is 1. The molecule has 2 amide bonds. The molecule has 0 radical (unpaired) electrons. The summed E-state index contributed by atoms with van der Waals surface area (Å²) in [6, 6.07) is 3.21. The van der Waals surface area contributed by atoms with Gasteiger partial charge < -0.3 is 20.1 Å². The second kappa shape index (κ2) is 7.05. The Hall–Kier alpha value is -1.12. The summed E-state index contributed by atoms with van der Waals surface area (Å²) in [7, 11) is 0. The van der Waals surface area contributed by atoms with E-state index in [2.05, 4.69) is 21.2 Å². The number of thiophene rings is 1. The molecule has 2 heterocycles. The van der Waals surface area contributed by atoms with Gasteiger partial charge in [0, 0.05) is 11.4 Å². The van der Waals surface area contributed by atoms with Crippen molar-refractivity contribution in [3.8, 4) is 0 Å². The molecule has 0 bridgehead atoms. The SMILES string of the molecule is O=C(O)CC1COCCN1C(=O)NCc1ccc(Br)s1. The molecule has 0 aromatic carbocycles. The lowest BCUT2D eigenvalue weighted by atomic mass is 10.1. The number of aliphatic carboxylic acids is 1. The topological polar surface area (TPSA) is 78.9 Å². The van der Waals surface area contributed by atoms with E-state index in [1.165, 1.54) is 0 Å². The summed E-state index contributed by atoms with van der Waals surface area (Å²) in [5, 5.41) is 11.7. The minimum absolute atomic E-state index is 0.0992. The average molecular weight is 363 g/mol. The van der Waals surface area contributed by atoms with E-state index in [4.69, 9.17) is 9.84 Å². The fourth-order valence-electron chi connectivity index (χ4n) is 2.00. The van der Waals surface area contributed by atoms with Gasteiger partial charge in [0.2, 0.25) is 0 Å². The quantitative estimate of drug-likeness (QED) is 0.857. The molecule has 1 aliphatic heterocycles. The third kappa shape index (κ3) is 4.19. The lowest BCUT2D eigenvalue weighted by Gasteiger charge is -2.34. The first kappa shape index (κ1) is 15.3. The molecule has 2 N–H and O–H groups in total. The van der Waals surface area contributed by atoms with Crippen molar-refractivity contribution >= 4 is 39.3 Å². The van der Waals surface area contributed by atoms with Crippen molar-refractivity contribution in [3.05, 3.63) is 20.8 Å². The molecule has 1 aromatic rings. The fraction of sp³-hybridized carbons (Fsp3) is 0.500. The molecule has 1 fully saturated rings. The smallest absolute Gasteiger partial charge is 0.318 e. The number of carbonyl (C=O) groups excluding carboxylic acids is 1. The van der Waals surface area contributed by atoms with E-state index in [9.17, 15) is 9.59 Å². The highest BCUT2D eigenvalue weighted by atomic mass is 79.9. The van der Waals surface area contributed by atoms with E-state index in [0.29, 0.717) is 19.7 Å². The number of morpholine rings is 1. The van der Waals surface area contributed by atoms with Crippen LogP contribution in [0.25, 0.3) is 0 Å². The molecule has 8 heteroatoms. The van der Waals surface area contributed by atoms with Gasteiger partial charge in [-0.15, -0.1) is 11.3 Å². The van der Waals surface area contributed by atoms with E-state index in [0.717, 1.165) is 8.66 Å². The van der Waals surface area contributed by atoms with Crippen LogP contribution >= 0.6 is 27.3 Å². The Bertz CT molecular complexity index is 494. The van der Waals surface area contributed by atoms with Crippen LogP contribution in [0.1, 0.15) is 11.3 Å². The summed E-state index contributed by atoms with van der Waals surface area (Å²) in [5.74, 6) is -0.930. The molecule has 6 nitrogen and oxygen atoms in total. The van der Waals surface area contributed by atoms with Crippen molar-refractivity contribution in [1.29, 1.82) is 0 Å². The first-order valence-electron chi connectivity index (χ1n) is 6.14. The number of amides is 2. The van der Waals surface area contributed by atoms with Crippen LogP contribution in [0.4, 0.5) is 4.79 Å². The third-order valence-electron chi connectivity index (χ3n) is 2.94. The summed E-state index contributed by atoms with van der Waals surface area (Å²) < 4.78 is 6.25. The predicted octanol–water partition coefficient (Wildman–Crippen LogP) is 1.90. The lowest BCUT2D eigenvalue weighted by molar-refractivity contribution is -0.139. The summed E-state index contributed by atoms with van der Waals surface area (Å²) >= 11 is 4.92. The highest BCUT2D eigenvalue weighted by Gasteiger charge is 2.28. The normalized spacial score (nSPS) is 18.9. The van der Waals surface area contributed by atoms with Crippen molar-refractivity contribution < 1.29 is 19.4 Å². The number of carboxylic acids is 1. The van der Waals surface area contributed by atoms with Gasteiger partial charge in [0.1, 0.15) is 0 Å². The fourth-order valence-corrected chi connectivity index (χ4v) is 3.43. The lowest BCUT2D eigenvalue weighted by Crippen LogP contribution is -2.52. The molecule has 0 aliphatic carbocycles. The molecule has 1 unspecified atom stereocenters. The number of carbonyl (C=O) groups is 2. The van der Waals surface area contributed by atoms with E-state index in [1.54, 1.807) is 16.2 Å². The number of urea groups is 1. The second-order valence-electron chi connectivity index (χ2n) is 4.38. The Morgan fingerprint density at radius 3 is 3.00 bits per heavy atom. The largest absolute Gasteiger partial charge is 0.481 e. The monoisotopic (exact) mass is 362 g/mol. The second-order valence-corrected chi connectivity index (χ2v) is 6.93. The van der Waals surface area contributed by atoms with Crippen LogP contribution < -0.4 is 5.32 Å². The Morgan fingerprint density at radius 2 is 2.35 bits per heavy atom. The van der Waals surface area contributed by atoms with E-state index in [-0.39, 0.29) is 19.1 Å². The molecular weight excluding hydrogens is 348 g/mol. The molecule has 1 aromatic heterocycles. The van der Waals surface area contributed by atoms with E-state index in [1.807, 2.05) is 12.1 Å². The van der Waals surface area contributed by atoms with Crippen molar-refractivity contribution in [2.45, 2.75) is 19.0 Å². The molecule has 1 atom stereocenters. The summed E-state index contributed by atoms with van der Waals surface area (Å²) in [4.78, 5) is 25.5. The maximum Gasteiger partial charge on any atom is 0.318 e. The number of nitrogens with zero attached hydrogens (tertiary/aromatic N) is 1. The molecule has 1 saturated heterocycles. The zero-order valence-corrected chi connectivity index (χ0v) is 13.1. The van der Waals surface area contributed by atoms with Gasteiger partial charge in [-0.2, -0.15) is 0 Å². The van der Waals surface area contributed by atoms with Gasteiger partial charge >= 0.3 is 12.0 Å².